The summed E-state index contributed by atoms with van der Waals surface area (Å²) in [5, 5.41) is 0. The van der Waals surface area contributed by atoms with E-state index in [1.54, 1.807) is 0 Å². The summed E-state index contributed by atoms with van der Waals surface area (Å²) in [4.78, 5) is 0. The molecule has 0 spiro atoms. The van der Waals surface area contributed by atoms with Crippen molar-refractivity contribution in [1.29, 1.82) is 0 Å². The van der Waals surface area contributed by atoms with E-state index in [2.05, 4.69) is 4.40 Å². The Morgan fingerprint density at radius 3 is 1.92 bits per heavy atom. The maximum absolute atomic E-state index is 13.2. The van der Waals surface area contributed by atoms with Crippen molar-refractivity contribution in [2.24, 2.45) is 4.40 Å². The lowest BCUT2D eigenvalue weighted by molar-refractivity contribution is -0.135. The van der Waals surface area contributed by atoms with Crippen molar-refractivity contribution in [1.82, 2.24) is 0 Å². The molecule has 0 N–H and O–H groups in total. The molecule has 1 aromatic rings. The Morgan fingerprint density at radius 2 is 1.50 bits per heavy atom. The Labute approximate surface area is 151 Å². The summed E-state index contributed by atoms with van der Waals surface area (Å²) >= 11 is 0. The Morgan fingerprint density at radius 1 is 0.962 bits per heavy atom. The fraction of sp³-hybridized carbons (Fsp3) is 0.588. The third kappa shape index (κ3) is 7.88. The summed E-state index contributed by atoms with van der Waals surface area (Å²) in [6.45, 7) is 4.56. The summed E-state index contributed by atoms with van der Waals surface area (Å²) in [6.07, 6.45) is -9.27. The van der Waals surface area contributed by atoms with E-state index >= 15 is 0 Å². The van der Waals surface area contributed by atoms with E-state index in [1.807, 2.05) is 0 Å². The minimum atomic E-state index is -4.77. The van der Waals surface area contributed by atoms with Crippen LogP contribution in [0.5, 0.6) is 0 Å². The van der Waals surface area contributed by atoms with Crippen molar-refractivity contribution in [3.8, 4) is 0 Å². The molecule has 0 aliphatic carbocycles. The molecule has 0 aliphatic heterocycles. The van der Waals surface area contributed by atoms with E-state index in [9.17, 15) is 30.6 Å². The molecule has 1 atom stereocenters. The van der Waals surface area contributed by atoms with E-state index < -0.39 is 40.2 Å². The van der Waals surface area contributed by atoms with Crippen LogP contribution < -0.4 is 0 Å². The minimum Gasteiger partial charge on any atom is -0.234 e. The van der Waals surface area contributed by atoms with Crippen LogP contribution in [0.15, 0.2) is 28.7 Å². The highest BCUT2D eigenvalue weighted by atomic mass is 32.2. The zero-order valence-electron chi connectivity index (χ0n) is 14.7. The van der Waals surface area contributed by atoms with Crippen LogP contribution >= 0.6 is 0 Å². The van der Waals surface area contributed by atoms with Crippen molar-refractivity contribution in [2.75, 3.05) is 0 Å². The van der Waals surface area contributed by atoms with E-state index in [0.29, 0.717) is 12.0 Å². The van der Waals surface area contributed by atoms with Crippen LogP contribution in [0.4, 0.5) is 26.3 Å². The Bertz CT molecular complexity index is 641. The van der Waals surface area contributed by atoms with Gasteiger partial charge in [-0.3, -0.25) is 0 Å². The Balaban J connectivity index is 2.89. The number of alkyl halides is 6. The number of benzene rings is 1. The number of hydrogen-bond acceptors (Lipinski definition) is 1. The molecule has 0 aliphatic rings. The zero-order chi connectivity index (χ0) is 20.2. The highest BCUT2D eigenvalue weighted by Gasteiger charge is 2.38. The molecule has 1 aromatic carbocycles. The summed E-state index contributed by atoms with van der Waals surface area (Å²) in [6, 6.07) is 5.24. The minimum absolute atomic E-state index is 0.0366. The number of halogens is 6. The average molecular weight is 401 g/mol. The molecular weight excluding hydrogens is 380 g/mol. The SMILES string of the molecule is CC(C)(C)[S@](=O)/N=C(\c1ccc(CCCCC(F)(F)F)cc1)C(F)(F)F. The predicted molar refractivity (Wildman–Crippen MR) is 90.5 cm³/mol. The summed E-state index contributed by atoms with van der Waals surface area (Å²) < 4.78 is 90.3. The molecule has 9 heteroatoms. The van der Waals surface area contributed by atoms with Gasteiger partial charge >= 0.3 is 12.4 Å². The van der Waals surface area contributed by atoms with Gasteiger partial charge in [-0.25, -0.2) is 4.21 Å². The molecule has 0 fully saturated rings. The molecular formula is C17H21F6NOS. The number of rotatable bonds is 6. The van der Waals surface area contributed by atoms with Gasteiger partial charge in [0.1, 0.15) is 11.0 Å². The van der Waals surface area contributed by atoms with Gasteiger partial charge in [0.25, 0.3) is 0 Å². The number of aryl methyl sites for hydroxylation is 1. The first-order valence-corrected chi connectivity index (χ1v) is 9.05. The maximum Gasteiger partial charge on any atom is 0.434 e. The molecule has 2 nitrogen and oxygen atoms in total. The Hall–Kier alpha value is -1.38. The highest BCUT2D eigenvalue weighted by Crippen LogP contribution is 2.26. The molecule has 1 rings (SSSR count). The summed E-state index contributed by atoms with van der Waals surface area (Å²) in [7, 11) is -2.07. The van der Waals surface area contributed by atoms with Crippen LogP contribution in [0, 0.1) is 0 Å². The Kier molecular flexibility index (Phi) is 7.44. The van der Waals surface area contributed by atoms with Gasteiger partial charge in [0.05, 0.1) is 4.75 Å². The standard InChI is InChI=1S/C17H21F6NOS/c1-15(2,3)26(25)24-14(17(21,22)23)13-9-7-12(8-10-13)6-4-5-11-16(18,19)20/h7-10H,4-6,11H2,1-3H3/b24-14+/t26-/m0/s1. The lowest BCUT2D eigenvalue weighted by atomic mass is 10.0. The van der Waals surface area contributed by atoms with Gasteiger partial charge in [-0.1, -0.05) is 24.3 Å². The third-order valence-corrected chi connectivity index (χ3v) is 4.77. The number of hydrogen-bond donors (Lipinski definition) is 0. The smallest absolute Gasteiger partial charge is 0.234 e. The molecule has 0 aromatic heterocycles. The van der Waals surface area contributed by atoms with Gasteiger partial charge in [-0.15, -0.1) is 0 Å². The number of unbranched alkanes of at least 4 members (excludes halogenated alkanes) is 1. The van der Waals surface area contributed by atoms with Gasteiger partial charge < -0.3 is 0 Å². The van der Waals surface area contributed by atoms with Crippen LogP contribution in [-0.2, 0) is 17.4 Å². The van der Waals surface area contributed by atoms with Gasteiger partial charge in [0.2, 0.25) is 0 Å². The van der Waals surface area contributed by atoms with Gasteiger partial charge in [-0.2, -0.15) is 30.7 Å². The second-order valence-corrected chi connectivity index (χ2v) is 8.72. The van der Waals surface area contributed by atoms with Crippen molar-refractivity contribution in [3.63, 3.8) is 0 Å². The fourth-order valence-corrected chi connectivity index (χ4v) is 2.62. The molecule has 148 valence electrons. The second kappa shape index (κ2) is 8.54. The van der Waals surface area contributed by atoms with Gasteiger partial charge in [0.15, 0.2) is 5.71 Å². The molecule has 0 bridgehead atoms. The highest BCUT2D eigenvalue weighted by molar-refractivity contribution is 7.85. The molecule has 0 heterocycles. The average Bonchev–Trinajstić information content (AvgIpc) is 2.46. The van der Waals surface area contributed by atoms with Crippen molar-refractivity contribution in [3.05, 3.63) is 35.4 Å². The lowest BCUT2D eigenvalue weighted by Gasteiger charge is -2.16. The van der Waals surface area contributed by atoms with Crippen molar-refractivity contribution >= 4 is 16.7 Å². The largest absolute Gasteiger partial charge is 0.434 e. The van der Waals surface area contributed by atoms with Crippen LogP contribution in [0.1, 0.15) is 51.2 Å². The molecule has 0 amide bonds. The first-order valence-electron chi connectivity index (χ1n) is 7.94. The monoisotopic (exact) mass is 401 g/mol. The fourth-order valence-electron chi connectivity index (χ4n) is 1.97. The van der Waals surface area contributed by atoms with Crippen LogP contribution in [-0.4, -0.2) is 27.0 Å². The van der Waals surface area contributed by atoms with Crippen LogP contribution in [0.25, 0.3) is 0 Å². The van der Waals surface area contributed by atoms with E-state index in [0.717, 1.165) is 0 Å². The quantitative estimate of drug-likeness (QED) is 0.338. The van der Waals surface area contributed by atoms with Gasteiger partial charge in [0, 0.05) is 12.0 Å². The molecule has 0 saturated heterocycles. The number of nitrogens with zero attached hydrogens (tertiary/aromatic N) is 1. The normalized spacial score (nSPS) is 15.2. The molecule has 26 heavy (non-hydrogen) atoms. The first-order chi connectivity index (χ1) is 11.7. The second-order valence-electron chi connectivity index (χ2n) is 6.82. The molecule has 0 unspecified atom stereocenters. The van der Waals surface area contributed by atoms with Crippen LogP contribution in [0.3, 0.4) is 0 Å². The van der Waals surface area contributed by atoms with E-state index in [-0.39, 0.29) is 18.4 Å². The van der Waals surface area contributed by atoms with E-state index in [4.69, 9.17) is 0 Å². The summed E-state index contributed by atoms with van der Waals surface area (Å²) in [5.41, 5.74) is -0.821. The van der Waals surface area contributed by atoms with Gasteiger partial charge in [-0.05, 0) is 45.6 Å². The first kappa shape index (κ1) is 22.7. The summed E-state index contributed by atoms with van der Waals surface area (Å²) in [5.74, 6) is 0. The van der Waals surface area contributed by atoms with Crippen LogP contribution in [0.2, 0.25) is 0 Å². The molecule has 0 radical (unpaired) electrons. The van der Waals surface area contributed by atoms with Crippen molar-refractivity contribution < 1.29 is 30.6 Å². The van der Waals surface area contributed by atoms with Crippen molar-refractivity contribution in [2.45, 2.75) is 63.6 Å². The third-order valence-electron chi connectivity index (χ3n) is 3.37. The lowest BCUT2D eigenvalue weighted by Crippen LogP contribution is -2.28. The molecule has 0 saturated carbocycles. The van der Waals surface area contributed by atoms with E-state index in [1.165, 1.54) is 45.0 Å². The predicted octanol–water partition coefficient (Wildman–Crippen LogP) is 5.78. The maximum atomic E-state index is 13.2. The topological polar surface area (TPSA) is 29.4 Å². The zero-order valence-corrected chi connectivity index (χ0v) is 15.5.